The summed E-state index contributed by atoms with van der Waals surface area (Å²) in [6.07, 6.45) is -3.65. The van der Waals surface area contributed by atoms with Crippen molar-refractivity contribution in [2.24, 2.45) is 5.92 Å². The van der Waals surface area contributed by atoms with E-state index in [1.54, 1.807) is 12.1 Å². The summed E-state index contributed by atoms with van der Waals surface area (Å²) in [5.74, 6) is -1.47. The maximum absolute atomic E-state index is 13.2. The number of aliphatic hydroxyl groups excluding tert-OH is 3. The van der Waals surface area contributed by atoms with Gasteiger partial charge in [0.15, 0.2) is 17.1 Å². The molecular formula is C35H37NO11. The van der Waals surface area contributed by atoms with Crippen LogP contribution in [-0.4, -0.2) is 79.6 Å². The van der Waals surface area contributed by atoms with Crippen molar-refractivity contribution in [3.63, 3.8) is 0 Å². The van der Waals surface area contributed by atoms with Crippen LogP contribution in [0, 0.1) is 5.92 Å². The number of ether oxygens (including phenoxy) is 2. The number of allylic oxidation sites excluding steroid dienone is 1. The first-order chi connectivity index (χ1) is 22.5. The number of hydrogen-bond donors (Lipinski definition) is 7. The summed E-state index contributed by atoms with van der Waals surface area (Å²) < 4.78 is 16.9. The highest BCUT2D eigenvalue weighted by Gasteiger charge is 2.61. The second-order valence-corrected chi connectivity index (χ2v) is 11.7. The van der Waals surface area contributed by atoms with Gasteiger partial charge in [-0.2, -0.15) is 0 Å². The summed E-state index contributed by atoms with van der Waals surface area (Å²) in [4.78, 5) is 25.0. The highest BCUT2D eigenvalue weighted by atomic mass is 16.7. The molecule has 1 aliphatic heterocycles. The molecule has 12 heteroatoms. The molecule has 0 spiro atoms. The maximum atomic E-state index is 13.2. The van der Waals surface area contributed by atoms with Crippen molar-refractivity contribution in [1.29, 1.82) is 0 Å². The Labute approximate surface area is 269 Å². The average molecular weight is 648 g/mol. The molecule has 47 heavy (non-hydrogen) atoms. The second-order valence-electron chi connectivity index (χ2n) is 11.7. The predicted molar refractivity (Wildman–Crippen MR) is 171 cm³/mol. The van der Waals surface area contributed by atoms with Gasteiger partial charge >= 0.3 is 5.97 Å². The monoisotopic (exact) mass is 647 g/mol. The lowest BCUT2D eigenvalue weighted by Crippen LogP contribution is -2.75. The predicted octanol–water partition coefficient (Wildman–Crippen LogP) is 2.84. The quantitative estimate of drug-likeness (QED) is 0.111. The van der Waals surface area contributed by atoms with Crippen molar-refractivity contribution < 1.29 is 49.3 Å². The van der Waals surface area contributed by atoms with Crippen LogP contribution in [0.4, 0.5) is 0 Å². The molecule has 0 saturated carbocycles. The zero-order chi connectivity index (χ0) is 33.7. The van der Waals surface area contributed by atoms with Gasteiger partial charge in [0, 0.05) is 6.07 Å². The molecule has 0 radical (unpaired) electrons. The normalized spacial score (nSPS) is 24.3. The smallest absolute Gasteiger partial charge is 0.335 e. The zero-order valence-corrected chi connectivity index (χ0v) is 25.5. The van der Waals surface area contributed by atoms with Gasteiger partial charge in [-0.25, -0.2) is 4.79 Å². The summed E-state index contributed by atoms with van der Waals surface area (Å²) in [5, 5.41) is 66.2. The summed E-state index contributed by atoms with van der Waals surface area (Å²) in [7, 11) is 0. The lowest BCUT2D eigenvalue weighted by molar-refractivity contribution is -0.338. The number of hydrogen-bond acceptors (Lipinski definition) is 11. The molecule has 1 fully saturated rings. The molecule has 3 aromatic carbocycles. The molecular weight excluding hydrogens is 610 g/mol. The van der Waals surface area contributed by atoms with Crippen LogP contribution < -0.4 is 15.5 Å². The van der Waals surface area contributed by atoms with Crippen LogP contribution in [0.2, 0.25) is 0 Å². The van der Waals surface area contributed by atoms with Crippen LogP contribution in [0.3, 0.4) is 0 Å². The number of phenols is 1. The maximum Gasteiger partial charge on any atom is 0.335 e. The van der Waals surface area contributed by atoms with Gasteiger partial charge in [0.1, 0.15) is 41.8 Å². The minimum atomic E-state index is -2.74. The number of aliphatic carboxylic acids is 1. The van der Waals surface area contributed by atoms with Crippen molar-refractivity contribution in [2.45, 2.75) is 56.2 Å². The Kier molecular flexibility index (Phi) is 10.4. The van der Waals surface area contributed by atoms with Crippen molar-refractivity contribution in [2.75, 3.05) is 6.54 Å². The van der Waals surface area contributed by atoms with Gasteiger partial charge in [0.05, 0.1) is 10.9 Å². The third-order valence-electron chi connectivity index (χ3n) is 8.23. The SMILES string of the molecule is CC(CC=Cc1ccccc1)CCNC(O)C1(O)C(Oc2ccc3c(=O)c(-c4ccc(O)cc4)coc3c2)OC(C(=O)O)C(O)C1O. The van der Waals surface area contributed by atoms with Gasteiger partial charge < -0.3 is 44.5 Å². The van der Waals surface area contributed by atoms with Gasteiger partial charge in [-0.05, 0) is 60.7 Å². The van der Waals surface area contributed by atoms with E-state index in [2.05, 4.69) is 5.32 Å². The number of aromatic hydroxyl groups is 1. The summed E-state index contributed by atoms with van der Waals surface area (Å²) in [6, 6.07) is 19.9. The highest BCUT2D eigenvalue weighted by Crippen LogP contribution is 2.35. The van der Waals surface area contributed by atoms with Gasteiger partial charge in [-0.3, -0.25) is 10.1 Å². The van der Waals surface area contributed by atoms with Gasteiger partial charge in [0.25, 0.3) is 0 Å². The van der Waals surface area contributed by atoms with E-state index >= 15 is 0 Å². The summed E-state index contributed by atoms with van der Waals surface area (Å²) in [6.45, 7) is 2.20. The van der Waals surface area contributed by atoms with E-state index in [1.807, 2.05) is 49.4 Å². The Balaban J connectivity index is 1.32. The van der Waals surface area contributed by atoms with Crippen LogP contribution in [0.1, 0.15) is 25.3 Å². The molecule has 7 unspecified atom stereocenters. The molecule has 0 aliphatic carbocycles. The highest BCUT2D eigenvalue weighted by molar-refractivity contribution is 5.82. The first-order valence-corrected chi connectivity index (χ1v) is 15.1. The fourth-order valence-electron chi connectivity index (χ4n) is 5.41. The number of phenolic OH excluding ortho intramolecular Hbond substituents is 1. The zero-order valence-electron chi connectivity index (χ0n) is 25.5. The Hall–Kier alpha value is -4.56. The van der Waals surface area contributed by atoms with Gasteiger partial charge in [-0.1, -0.05) is 61.5 Å². The van der Waals surface area contributed by atoms with E-state index in [0.717, 1.165) is 12.0 Å². The number of benzene rings is 3. The van der Waals surface area contributed by atoms with Crippen molar-refractivity contribution in [3.05, 3.63) is 101 Å². The lowest BCUT2D eigenvalue weighted by Gasteiger charge is -2.48. The molecule has 248 valence electrons. The third kappa shape index (κ3) is 7.38. The Morgan fingerprint density at radius 2 is 1.81 bits per heavy atom. The molecule has 1 aliphatic rings. The van der Waals surface area contributed by atoms with E-state index in [1.165, 1.54) is 36.6 Å². The number of rotatable bonds is 12. The molecule has 1 aromatic heterocycles. The number of aliphatic hydroxyl groups is 4. The number of carboxylic acid groups (broad SMARTS) is 1. The van der Waals surface area contributed by atoms with E-state index in [9.17, 15) is 40.2 Å². The summed E-state index contributed by atoms with van der Waals surface area (Å²) in [5.41, 5.74) is -1.19. The molecule has 0 bridgehead atoms. The second kappa shape index (κ2) is 14.5. The Morgan fingerprint density at radius 3 is 2.51 bits per heavy atom. The molecule has 1 saturated heterocycles. The minimum absolute atomic E-state index is 0.0372. The van der Waals surface area contributed by atoms with E-state index in [4.69, 9.17) is 13.9 Å². The van der Waals surface area contributed by atoms with E-state index < -0.39 is 42.4 Å². The van der Waals surface area contributed by atoms with Crippen molar-refractivity contribution in [1.82, 2.24) is 5.32 Å². The largest absolute Gasteiger partial charge is 0.508 e. The number of fused-ring (bicyclic) bond motifs is 1. The van der Waals surface area contributed by atoms with Gasteiger partial charge in [0.2, 0.25) is 6.29 Å². The third-order valence-corrected chi connectivity index (χ3v) is 8.23. The fraction of sp³-hybridized carbons (Fsp3) is 0.314. The number of nitrogens with one attached hydrogen (secondary N) is 1. The fourth-order valence-corrected chi connectivity index (χ4v) is 5.41. The van der Waals surface area contributed by atoms with Crippen molar-refractivity contribution >= 4 is 23.0 Å². The molecule has 5 rings (SSSR count). The van der Waals surface area contributed by atoms with Crippen LogP contribution in [0.15, 0.2) is 94.3 Å². The van der Waals surface area contributed by atoms with Crippen LogP contribution in [0.25, 0.3) is 28.2 Å². The molecule has 0 amide bonds. The topological polar surface area (TPSA) is 199 Å². The molecule has 7 atom stereocenters. The molecule has 12 nitrogen and oxygen atoms in total. The minimum Gasteiger partial charge on any atom is -0.508 e. The van der Waals surface area contributed by atoms with Crippen LogP contribution in [-0.2, 0) is 9.53 Å². The first kappa shape index (κ1) is 33.8. The first-order valence-electron chi connectivity index (χ1n) is 15.1. The van der Waals surface area contributed by atoms with E-state index in [-0.39, 0.29) is 45.9 Å². The van der Waals surface area contributed by atoms with Crippen LogP contribution >= 0.6 is 0 Å². The van der Waals surface area contributed by atoms with Crippen molar-refractivity contribution in [3.8, 4) is 22.6 Å². The Bertz CT molecular complexity index is 1760. The Morgan fingerprint density at radius 1 is 1.09 bits per heavy atom. The van der Waals surface area contributed by atoms with Crippen LogP contribution in [0.5, 0.6) is 11.5 Å². The molecule has 7 N–H and O–H groups in total. The average Bonchev–Trinajstić information content (AvgIpc) is 3.06. The molecule has 4 aromatic rings. The lowest BCUT2D eigenvalue weighted by atomic mass is 9.84. The van der Waals surface area contributed by atoms with E-state index in [0.29, 0.717) is 12.0 Å². The summed E-state index contributed by atoms with van der Waals surface area (Å²) >= 11 is 0. The number of carboxylic acids is 1. The molecule has 2 heterocycles. The standard InChI is InChI=1S/C35H37NO11/c1-20(6-5-9-21-7-3-2-4-8-21)16-17-36-33(43)35(44)31(40)29(39)30(32(41)42)47-34(35)46-24-14-15-25-27(18-24)45-19-26(28(25)38)22-10-12-23(37)13-11-22/h2-5,7-15,18-20,29-31,33-34,36-37,39-40,43-44H,6,16-17H2,1H3,(H,41,42). The number of carbonyl (C=O) groups is 1. The van der Waals surface area contributed by atoms with Gasteiger partial charge in [-0.15, -0.1) is 0 Å².